The fourth-order valence-corrected chi connectivity index (χ4v) is 3.21. The van der Waals surface area contributed by atoms with Crippen LogP contribution in [0, 0.1) is 11.3 Å². The lowest BCUT2D eigenvalue weighted by molar-refractivity contribution is 1.52. The van der Waals surface area contributed by atoms with Gasteiger partial charge in [-0.25, -0.2) is 0 Å². The van der Waals surface area contributed by atoms with Crippen LogP contribution >= 0.6 is 11.3 Å². The van der Waals surface area contributed by atoms with E-state index in [2.05, 4.69) is 6.07 Å². The predicted octanol–water partition coefficient (Wildman–Crippen LogP) is 4.54. The molecule has 0 unspecified atom stereocenters. The van der Waals surface area contributed by atoms with Gasteiger partial charge in [-0.05, 0) is 11.1 Å². The molecule has 3 aromatic rings. The fourth-order valence-electron chi connectivity index (χ4n) is 2.30. The number of hydrogen-bond acceptors (Lipinski definition) is 3. The Balaban J connectivity index is 2.31. The first-order valence-electron chi connectivity index (χ1n) is 6.24. The van der Waals surface area contributed by atoms with Gasteiger partial charge < -0.3 is 5.73 Å². The van der Waals surface area contributed by atoms with Gasteiger partial charge in [0.15, 0.2) is 0 Å². The molecule has 2 nitrogen and oxygen atoms in total. The summed E-state index contributed by atoms with van der Waals surface area (Å²) in [5.74, 6) is 0. The maximum Gasteiger partial charge on any atom is 0.115 e. The molecule has 3 rings (SSSR count). The van der Waals surface area contributed by atoms with Crippen molar-refractivity contribution in [3.63, 3.8) is 0 Å². The van der Waals surface area contributed by atoms with E-state index in [4.69, 9.17) is 5.73 Å². The molecule has 0 saturated carbocycles. The molecule has 3 heteroatoms. The van der Waals surface area contributed by atoms with Crippen LogP contribution in [0.3, 0.4) is 0 Å². The van der Waals surface area contributed by atoms with Gasteiger partial charge in [-0.2, -0.15) is 5.26 Å². The smallest absolute Gasteiger partial charge is 0.115 e. The highest BCUT2D eigenvalue weighted by molar-refractivity contribution is 7.17. The van der Waals surface area contributed by atoms with E-state index < -0.39 is 0 Å². The van der Waals surface area contributed by atoms with E-state index in [0.717, 1.165) is 22.3 Å². The molecule has 2 N–H and O–H groups in total. The molecule has 2 aromatic carbocycles. The molecule has 1 aromatic heterocycles. The number of nitrogens with two attached hydrogens (primary N) is 1. The van der Waals surface area contributed by atoms with Crippen molar-refractivity contribution in [3.8, 4) is 28.3 Å². The van der Waals surface area contributed by atoms with Crippen molar-refractivity contribution in [2.45, 2.75) is 0 Å². The van der Waals surface area contributed by atoms with Gasteiger partial charge in [0.1, 0.15) is 10.9 Å². The van der Waals surface area contributed by atoms with Crippen molar-refractivity contribution in [1.82, 2.24) is 0 Å². The van der Waals surface area contributed by atoms with Crippen LogP contribution < -0.4 is 5.73 Å². The third-order valence-electron chi connectivity index (χ3n) is 3.16. The van der Waals surface area contributed by atoms with Gasteiger partial charge in [0.2, 0.25) is 0 Å². The molecule has 0 spiro atoms. The molecular weight excluding hydrogens is 264 g/mol. The molecule has 0 saturated heterocycles. The SMILES string of the molecule is N#Cc1sc(N)c(-c2ccccc2)c1-c1ccccc1. The molecule has 20 heavy (non-hydrogen) atoms. The third kappa shape index (κ3) is 2.07. The number of rotatable bonds is 2. The largest absolute Gasteiger partial charge is 0.390 e. The number of thiophene rings is 1. The van der Waals surface area contributed by atoms with E-state index in [1.165, 1.54) is 11.3 Å². The molecule has 0 bridgehead atoms. The monoisotopic (exact) mass is 276 g/mol. The van der Waals surface area contributed by atoms with Crippen LogP contribution in [0.15, 0.2) is 60.7 Å². The van der Waals surface area contributed by atoms with E-state index in [1.807, 2.05) is 60.7 Å². The zero-order chi connectivity index (χ0) is 13.9. The first kappa shape index (κ1) is 12.5. The van der Waals surface area contributed by atoms with Crippen molar-refractivity contribution in [3.05, 3.63) is 65.5 Å². The first-order chi connectivity index (χ1) is 9.81. The molecule has 96 valence electrons. The number of nitrogens with zero attached hydrogens (tertiary/aromatic N) is 1. The molecule has 0 fully saturated rings. The van der Waals surface area contributed by atoms with E-state index in [-0.39, 0.29) is 0 Å². The second-order valence-electron chi connectivity index (χ2n) is 4.39. The number of nitrogen functional groups attached to an aromatic ring is 1. The molecule has 0 aliphatic heterocycles. The molecule has 0 atom stereocenters. The van der Waals surface area contributed by atoms with Crippen LogP contribution in [0.1, 0.15) is 4.88 Å². The van der Waals surface area contributed by atoms with Crippen LogP contribution in [0.5, 0.6) is 0 Å². The second kappa shape index (κ2) is 5.20. The Hall–Kier alpha value is -2.57. The lowest BCUT2D eigenvalue weighted by atomic mass is 9.96. The minimum Gasteiger partial charge on any atom is -0.390 e. The number of benzene rings is 2. The van der Waals surface area contributed by atoms with Crippen molar-refractivity contribution >= 4 is 16.3 Å². The quantitative estimate of drug-likeness (QED) is 0.747. The topological polar surface area (TPSA) is 49.8 Å². The summed E-state index contributed by atoms with van der Waals surface area (Å²) in [6, 6.07) is 22.2. The van der Waals surface area contributed by atoms with Crippen LogP contribution in [0.25, 0.3) is 22.3 Å². The average molecular weight is 276 g/mol. The van der Waals surface area contributed by atoms with Gasteiger partial charge in [-0.1, -0.05) is 60.7 Å². The van der Waals surface area contributed by atoms with Gasteiger partial charge in [-0.15, -0.1) is 11.3 Å². The molecular formula is C17H12N2S. The highest BCUT2D eigenvalue weighted by Gasteiger charge is 2.18. The Morgan fingerprint density at radius 3 is 1.80 bits per heavy atom. The number of anilines is 1. The van der Waals surface area contributed by atoms with Crippen LogP contribution in [-0.4, -0.2) is 0 Å². The molecule has 0 amide bonds. The maximum absolute atomic E-state index is 9.37. The highest BCUT2D eigenvalue weighted by atomic mass is 32.1. The number of nitriles is 1. The fraction of sp³-hybridized carbons (Fsp3) is 0. The summed E-state index contributed by atoms with van der Waals surface area (Å²) >= 11 is 1.35. The Labute approximate surface area is 121 Å². The van der Waals surface area contributed by atoms with Crippen LogP contribution in [-0.2, 0) is 0 Å². The summed E-state index contributed by atoms with van der Waals surface area (Å²) in [6.07, 6.45) is 0. The zero-order valence-corrected chi connectivity index (χ0v) is 11.5. The number of hydrogen-bond donors (Lipinski definition) is 1. The Morgan fingerprint density at radius 1 is 0.800 bits per heavy atom. The zero-order valence-electron chi connectivity index (χ0n) is 10.7. The van der Waals surface area contributed by atoms with Crippen LogP contribution in [0.2, 0.25) is 0 Å². The van der Waals surface area contributed by atoms with E-state index in [0.29, 0.717) is 9.88 Å². The van der Waals surface area contributed by atoms with Gasteiger partial charge in [0.05, 0.1) is 5.00 Å². The molecule has 0 aliphatic carbocycles. The summed E-state index contributed by atoms with van der Waals surface area (Å²) in [5.41, 5.74) is 10.1. The first-order valence-corrected chi connectivity index (χ1v) is 7.06. The normalized spacial score (nSPS) is 10.2. The third-order valence-corrected chi connectivity index (χ3v) is 4.09. The van der Waals surface area contributed by atoms with E-state index in [1.54, 1.807) is 0 Å². The Kier molecular flexibility index (Phi) is 3.24. The maximum atomic E-state index is 9.37. The second-order valence-corrected chi connectivity index (χ2v) is 5.44. The minimum absolute atomic E-state index is 0.660. The van der Waals surface area contributed by atoms with Crippen molar-refractivity contribution < 1.29 is 0 Å². The Bertz CT molecular complexity index is 768. The summed E-state index contributed by atoms with van der Waals surface area (Å²) in [4.78, 5) is 0.660. The summed E-state index contributed by atoms with van der Waals surface area (Å²) < 4.78 is 0. The van der Waals surface area contributed by atoms with E-state index in [9.17, 15) is 5.26 Å². The highest BCUT2D eigenvalue weighted by Crippen LogP contribution is 2.44. The van der Waals surface area contributed by atoms with Crippen molar-refractivity contribution in [2.24, 2.45) is 0 Å². The van der Waals surface area contributed by atoms with Crippen LogP contribution in [0.4, 0.5) is 5.00 Å². The molecule has 1 heterocycles. The van der Waals surface area contributed by atoms with Crippen molar-refractivity contribution in [2.75, 3.05) is 5.73 Å². The van der Waals surface area contributed by atoms with E-state index >= 15 is 0 Å². The van der Waals surface area contributed by atoms with Gasteiger partial charge >= 0.3 is 0 Å². The van der Waals surface area contributed by atoms with Gasteiger partial charge in [0, 0.05) is 11.1 Å². The Morgan fingerprint density at radius 2 is 1.30 bits per heavy atom. The average Bonchev–Trinajstić information content (AvgIpc) is 2.85. The molecule has 0 radical (unpaired) electrons. The lowest BCUT2D eigenvalue weighted by Gasteiger charge is -2.06. The standard InChI is InChI=1S/C17H12N2S/c18-11-14-15(12-7-3-1-4-8-12)16(17(19)20-14)13-9-5-2-6-10-13/h1-10H,19H2. The van der Waals surface area contributed by atoms with Gasteiger partial charge in [0.25, 0.3) is 0 Å². The van der Waals surface area contributed by atoms with Crippen molar-refractivity contribution in [1.29, 1.82) is 5.26 Å². The van der Waals surface area contributed by atoms with Gasteiger partial charge in [-0.3, -0.25) is 0 Å². The summed E-state index contributed by atoms with van der Waals surface area (Å²) in [7, 11) is 0. The summed E-state index contributed by atoms with van der Waals surface area (Å²) in [5, 5.41) is 10.1. The lowest BCUT2D eigenvalue weighted by Crippen LogP contribution is -1.87. The minimum atomic E-state index is 0.660. The molecule has 0 aliphatic rings. The predicted molar refractivity (Wildman–Crippen MR) is 84.3 cm³/mol. The summed E-state index contributed by atoms with van der Waals surface area (Å²) in [6.45, 7) is 0.